The predicted octanol–water partition coefficient (Wildman–Crippen LogP) is 21.1. The lowest BCUT2D eigenvalue weighted by Gasteiger charge is -2.19. The van der Waals surface area contributed by atoms with Crippen molar-refractivity contribution in [2.45, 2.75) is 241 Å². The number of hydrogen-bond acceptors (Lipinski definition) is 8. The maximum atomic E-state index is 14.3. The van der Waals surface area contributed by atoms with Gasteiger partial charge < -0.3 is 19.3 Å². The van der Waals surface area contributed by atoms with Crippen LogP contribution in [0, 0.1) is 27.7 Å². The van der Waals surface area contributed by atoms with E-state index >= 15 is 0 Å². The first-order chi connectivity index (χ1) is 33.7. The summed E-state index contributed by atoms with van der Waals surface area (Å²) >= 11 is 5.08. The van der Waals surface area contributed by atoms with E-state index in [4.69, 9.17) is 14.2 Å². The highest BCUT2D eigenvalue weighted by atomic mass is 32.1. The number of aryl methyl sites for hydroxylation is 4. The van der Waals surface area contributed by atoms with Crippen molar-refractivity contribution in [2.24, 2.45) is 0 Å². The molecule has 0 unspecified atom stereocenters. The van der Waals surface area contributed by atoms with Crippen LogP contribution in [0.4, 0.5) is 0 Å². The van der Waals surface area contributed by atoms with Crippen molar-refractivity contribution in [1.82, 2.24) is 0 Å². The number of benzene rings is 1. The number of carbonyl (C=O) groups is 1. The fourth-order valence-corrected chi connectivity index (χ4v) is 12.4. The smallest absolute Gasteiger partial charge is 0.203 e. The van der Waals surface area contributed by atoms with Gasteiger partial charge in [-0.05, 0) is 82.9 Å². The molecule has 386 valence electrons. The minimum atomic E-state index is -0.221. The fraction of sp³-hybridized carbons (Fsp3) is 0.656. The second kappa shape index (κ2) is 35.1. The van der Waals surface area contributed by atoms with Crippen molar-refractivity contribution in [3.8, 4) is 38.8 Å². The molecule has 0 aliphatic carbocycles. The number of hydrogen-bond donors (Lipinski definition) is 1. The van der Waals surface area contributed by atoms with Crippen LogP contribution in [-0.4, -0.2) is 30.7 Å². The Kier molecular flexibility index (Phi) is 29.8. The van der Waals surface area contributed by atoms with E-state index in [1.54, 1.807) is 22.7 Å². The normalized spacial score (nSPS) is 11.8. The third-order valence-electron chi connectivity index (χ3n) is 13.4. The Morgan fingerprint density at radius 2 is 0.812 bits per heavy atom. The van der Waals surface area contributed by atoms with Gasteiger partial charge in [-0.2, -0.15) is 0 Å². The molecule has 3 heterocycles. The van der Waals surface area contributed by atoms with Gasteiger partial charge in [-0.25, -0.2) is 0 Å². The summed E-state index contributed by atoms with van der Waals surface area (Å²) in [6, 6.07) is 10.2. The number of ether oxygens (including phenoxy) is 3. The minimum absolute atomic E-state index is 0.101. The van der Waals surface area contributed by atoms with Crippen molar-refractivity contribution in [2.75, 3.05) is 19.8 Å². The van der Waals surface area contributed by atoms with Crippen molar-refractivity contribution in [3.05, 3.63) is 66.4 Å². The van der Waals surface area contributed by atoms with Crippen LogP contribution in [0.3, 0.4) is 0 Å². The molecular weight excluding hydrogens is 909 g/mol. The van der Waals surface area contributed by atoms with E-state index < -0.39 is 0 Å². The zero-order valence-electron chi connectivity index (χ0n) is 44.6. The van der Waals surface area contributed by atoms with Crippen LogP contribution >= 0.6 is 34.0 Å². The maximum Gasteiger partial charge on any atom is 0.203 e. The number of aliphatic hydroxyl groups is 1. The second-order valence-electron chi connectivity index (χ2n) is 19.8. The average molecular weight is 1000 g/mol. The molecule has 0 radical (unpaired) electrons. The monoisotopic (exact) mass is 1000 g/mol. The Bertz CT molecular complexity index is 1920. The topological polar surface area (TPSA) is 65.0 Å². The lowest BCUT2D eigenvalue weighted by atomic mass is 10.0. The van der Waals surface area contributed by atoms with Gasteiger partial charge in [0, 0.05) is 47.2 Å². The fourth-order valence-electron chi connectivity index (χ4n) is 9.33. The molecule has 0 amide bonds. The number of ketones is 1. The standard InChI is InChI=1S/C61H94O5S3/c1-8-11-14-17-20-23-26-29-32-35-38-64-57-43-51(55(62)46-56(63)59-45-54(52-41-47(4)67-49(52)6)61(69-59)53-42-48(5)68-50(53)7)44-58(65-39-36-33-30-27-24-21-18-15-12-9-2)60(57)66-40-37-34-31-28-25-22-19-16-13-10-3/h41-46,62H,8-40H2,1-7H3/b55-46-. The molecule has 0 fully saturated rings. The average Bonchev–Trinajstić information content (AvgIpc) is 4.03. The van der Waals surface area contributed by atoms with Crippen LogP contribution in [0.25, 0.3) is 27.3 Å². The van der Waals surface area contributed by atoms with Crippen LogP contribution < -0.4 is 14.2 Å². The molecule has 0 bridgehead atoms. The summed E-state index contributed by atoms with van der Waals surface area (Å²) in [5.41, 5.74) is 3.92. The SMILES string of the molecule is CCCCCCCCCCCCOc1cc(/C(O)=C/C(=O)c2cc(-c3cc(C)sc3C)c(-c3cc(C)sc3C)s2)cc(OCCCCCCCCCCCC)c1OCCCCCCCCCCCC. The molecule has 0 aliphatic heterocycles. The molecule has 1 N–H and O–H groups in total. The minimum Gasteiger partial charge on any atom is -0.507 e. The van der Waals surface area contributed by atoms with E-state index in [1.807, 2.05) is 18.2 Å². The molecule has 0 spiro atoms. The zero-order valence-corrected chi connectivity index (χ0v) is 47.1. The highest BCUT2D eigenvalue weighted by molar-refractivity contribution is 7.19. The maximum absolute atomic E-state index is 14.3. The Balaban J connectivity index is 1.55. The second-order valence-corrected chi connectivity index (χ2v) is 23.8. The first kappa shape index (κ1) is 58.5. The van der Waals surface area contributed by atoms with Crippen LogP contribution in [0.15, 0.2) is 36.4 Å². The molecule has 8 heteroatoms. The number of thiophene rings is 3. The van der Waals surface area contributed by atoms with Crippen LogP contribution in [0.2, 0.25) is 0 Å². The van der Waals surface area contributed by atoms with Crippen molar-refractivity contribution in [3.63, 3.8) is 0 Å². The van der Waals surface area contributed by atoms with Crippen LogP contribution in [0.1, 0.15) is 248 Å². The van der Waals surface area contributed by atoms with Gasteiger partial charge >= 0.3 is 0 Å². The van der Waals surface area contributed by atoms with E-state index in [-0.39, 0.29) is 11.5 Å². The third kappa shape index (κ3) is 22.1. The predicted molar refractivity (Wildman–Crippen MR) is 303 cm³/mol. The molecule has 0 saturated carbocycles. The molecule has 5 nitrogen and oxygen atoms in total. The van der Waals surface area contributed by atoms with Crippen molar-refractivity contribution < 1.29 is 24.1 Å². The van der Waals surface area contributed by atoms with Crippen LogP contribution in [-0.2, 0) is 0 Å². The zero-order chi connectivity index (χ0) is 49.5. The number of allylic oxidation sites excluding steroid dienone is 1. The number of rotatable bonds is 41. The van der Waals surface area contributed by atoms with Gasteiger partial charge in [-0.3, -0.25) is 4.79 Å². The van der Waals surface area contributed by atoms with Gasteiger partial charge in [-0.1, -0.05) is 194 Å². The van der Waals surface area contributed by atoms with E-state index in [9.17, 15) is 9.90 Å². The molecule has 0 saturated heterocycles. The third-order valence-corrected chi connectivity index (χ3v) is 16.5. The van der Waals surface area contributed by atoms with Crippen molar-refractivity contribution >= 4 is 45.6 Å². The lowest BCUT2D eigenvalue weighted by molar-refractivity contribution is 0.104. The molecular formula is C61H94O5S3. The molecule has 0 aliphatic rings. The summed E-state index contributed by atoms with van der Waals surface area (Å²) in [7, 11) is 0. The first-order valence-corrected chi connectivity index (χ1v) is 30.4. The van der Waals surface area contributed by atoms with E-state index in [1.165, 1.54) is 202 Å². The summed E-state index contributed by atoms with van der Waals surface area (Å²) in [4.78, 5) is 20.9. The molecule has 69 heavy (non-hydrogen) atoms. The molecule has 0 atom stereocenters. The Morgan fingerprint density at radius 1 is 0.449 bits per heavy atom. The summed E-state index contributed by atoms with van der Waals surface area (Å²) in [5, 5.41) is 11.9. The Morgan fingerprint density at radius 3 is 1.19 bits per heavy atom. The van der Waals surface area contributed by atoms with Gasteiger partial charge in [0.15, 0.2) is 17.3 Å². The van der Waals surface area contributed by atoms with Gasteiger partial charge in [0.2, 0.25) is 5.75 Å². The molecule has 3 aromatic heterocycles. The van der Waals surface area contributed by atoms with Crippen LogP contribution in [0.5, 0.6) is 17.2 Å². The quantitative estimate of drug-likeness (QED) is 0.0208. The molecule has 4 aromatic rings. The summed E-state index contributed by atoms with van der Waals surface area (Å²) in [5.74, 6) is 1.45. The molecule has 4 rings (SSSR count). The van der Waals surface area contributed by atoms with Gasteiger partial charge in [0.1, 0.15) is 5.76 Å². The van der Waals surface area contributed by atoms with Gasteiger partial charge in [-0.15, -0.1) is 34.0 Å². The molecule has 1 aromatic carbocycles. The number of unbranched alkanes of at least 4 members (excludes halogenated alkanes) is 27. The first-order valence-electron chi connectivity index (χ1n) is 28.0. The lowest BCUT2D eigenvalue weighted by Crippen LogP contribution is -2.07. The van der Waals surface area contributed by atoms with Crippen molar-refractivity contribution in [1.29, 1.82) is 0 Å². The Hall–Kier alpha value is -3.07. The summed E-state index contributed by atoms with van der Waals surface area (Å²) in [6.45, 7) is 17.1. The summed E-state index contributed by atoms with van der Waals surface area (Å²) in [6.07, 6.45) is 39.1. The Labute approximate surface area is 433 Å². The number of aliphatic hydroxyl groups excluding tert-OH is 1. The largest absolute Gasteiger partial charge is 0.507 e. The van der Waals surface area contributed by atoms with E-state index in [2.05, 4.69) is 60.6 Å². The highest BCUT2D eigenvalue weighted by Crippen LogP contribution is 2.46. The van der Waals surface area contributed by atoms with Gasteiger partial charge in [0.05, 0.1) is 24.7 Å². The number of carbonyl (C=O) groups excluding carboxylic acids is 1. The van der Waals surface area contributed by atoms with E-state index in [0.29, 0.717) is 47.5 Å². The van der Waals surface area contributed by atoms with Gasteiger partial charge in [0.25, 0.3) is 0 Å². The highest BCUT2D eigenvalue weighted by Gasteiger charge is 2.23. The van der Waals surface area contributed by atoms with E-state index in [0.717, 1.165) is 49.0 Å². The summed E-state index contributed by atoms with van der Waals surface area (Å²) < 4.78 is 19.8.